The third kappa shape index (κ3) is 2.99. The molecular weight excluding hydrogens is 295 g/mol. The molecule has 0 aromatic carbocycles. The van der Waals surface area contributed by atoms with Crippen LogP contribution in [0.15, 0.2) is 12.3 Å². The quantitative estimate of drug-likeness (QED) is 0.791. The van der Waals surface area contributed by atoms with Gasteiger partial charge in [-0.05, 0) is 6.07 Å². The maximum atomic E-state index is 12.6. The van der Waals surface area contributed by atoms with Crippen molar-refractivity contribution < 1.29 is 17.9 Å². The van der Waals surface area contributed by atoms with Crippen LogP contribution >= 0.6 is 12.4 Å². The normalized spacial score (nSPS) is 22.9. The second kappa shape index (κ2) is 5.75. The maximum absolute atomic E-state index is 12.6. The van der Waals surface area contributed by atoms with Crippen LogP contribution in [0.3, 0.4) is 0 Å². The number of rotatable bonds is 0. The van der Waals surface area contributed by atoms with E-state index in [1.54, 1.807) is 0 Å². The molecule has 1 N–H and O–H groups in total. The summed E-state index contributed by atoms with van der Waals surface area (Å²) >= 11 is 0. The van der Waals surface area contributed by atoms with Crippen LogP contribution < -0.4 is 10.1 Å². The van der Waals surface area contributed by atoms with Crippen molar-refractivity contribution in [2.75, 3.05) is 26.2 Å². The fourth-order valence-corrected chi connectivity index (χ4v) is 2.43. The van der Waals surface area contributed by atoms with Crippen molar-refractivity contribution in [3.05, 3.63) is 23.5 Å². The number of nitrogens with one attached hydrogen (secondary N) is 1. The molecule has 8 heteroatoms. The van der Waals surface area contributed by atoms with Gasteiger partial charge in [-0.2, -0.15) is 13.2 Å². The predicted octanol–water partition coefficient (Wildman–Crippen LogP) is 1.69. The summed E-state index contributed by atoms with van der Waals surface area (Å²) < 4.78 is 43.4. The smallest absolute Gasteiger partial charge is 0.418 e. The standard InChI is InChI=1S/C12H14F3N3O.ClH/c13-12(14,15)8-3-11-10(17-4-8)6-18-2-1-16-5-9(18)7-19-11;/h3-4,9,16H,1-2,5-7H2;1H/t9-;/m1./s1. The fraction of sp³-hybridized carbons (Fsp3) is 0.583. The number of ether oxygens (including phenoxy) is 1. The predicted molar refractivity (Wildman–Crippen MR) is 69.0 cm³/mol. The third-order valence-electron chi connectivity index (χ3n) is 3.51. The van der Waals surface area contributed by atoms with Gasteiger partial charge in [-0.3, -0.25) is 9.88 Å². The molecule has 3 heterocycles. The molecule has 0 aliphatic carbocycles. The number of halogens is 4. The SMILES string of the molecule is Cl.FC(F)(F)c1cnc2c(c1)OC[C@H]1CNCCN1C2. The summed E-state index contributed by atoms with van der Waals surface area (Å²) in [6.07, 6.45) is -3.50. The van der Waals surface area contributed by atoms with Gasteiger partial charge in [0.25, 0.3) is 0 Å². The van der Waals surface area contributed by atoms with E-state index >= 15 is 0 Å². The van der Waals surface area contributed by atoms with Crippen LogP contribution in [0, 0.1) is 0 Å². The second-order valence-corrected chi connectivity index (χ2v) is 4.81. The average molecular weight is 310 g/mol. The van der Waals surface area contributed by atoms with E-state index in [1.165, 1.54) is 0 Å². The average Bonchev–Trinajstić information content (AvgIpc) is 2.55. The number of hydrogen-bond acceptors (Lipinski definition) is 4. The van der Waals surface area contributed by atoms with E-state index < -0.39 is 11.7 Å². The van der Waals surface area contributed by atoms with E-state index in [-0.39, 0.29) is 24.2 Å². The lowest BCUT2D eigenvalue weighted by atomic mass is 10.2. The van der Waals surface area contributed by atoms with Gasteiger partial charge in [0, 0.05) is 32.4 Å². The Morgan fingerprint density at radius 2 is 2.20 bits per heavy atom. The van der Waals surface area contributed by atoms with Crippen LogP contribution in [0.5, 0.6) is 5.75 Å². The van der Waals surface area contributed by atoms with Crippen molar-refractivity contribution in [1.82, 2.24) is 15.2 Å². The van der Waals surface area contributed by atoms with Gasteiger partial charge in [0.05, 0.1) is 17.3 Å². The topological polar surface area (TPSA) is 37.4 Å². The first-order chi connectivity index (χ1) is 9.04. The molecule has 0 bridgehead atoms. The molecule has 1 saturated heterocycles. The summed E-state index contributed by atoms with van der Waals surface area (Å²) in [7, 11) is 0. The van der Waals surface area contributed by atoms with E-state index in [9.17, 15) is 13.2 Å². The molecule has 3 rings (SSSR count). The Morgan fingerprint density at radius 1 is 1.40 bits per heavy atom. The molecule has 0 radical (unpaired) electrons. The van der Waals surface area contributed by atoms with Crippen molar-refractivity contribution in [3.63, 3.8) is 0 Å². The van der Waals surface area contributed by atoms with Crippen LogP contribution in [-0.4, -0.2) is 42.2 Å². The van der Waals surface area contributed by atoms with Crippen LogP contribution in [-0.2, 0) is 12.7 Å². The molecular formula is C12H15ClF3N3O. The minimum absolute atomic E-state index is 0. The van der Waals surface area contributed by atoms with Gasteiger partial charge in [0.15, 0.2) is 0 Å². The molecule has 112 valence electrons. The lowest BCUT2D eigenvalue weighted by Crippen LogP contribution is -2.52. The highest BCUT2D eigenvalue weighted by Gasteiger charge is 2.34. The largest absolute Gasteiger partial charge is 0.490 e. The van der Waals surface area contributed by atoms with Crippen molar-refractivity contribution in [2.45, 2.75) is 18.8 Å². The molecule has 1 atom stereocenters. The van der Waals surface area contributed by atoms with Gasteiger partial charge in [-0.1, -0.05) is 0 Å². The molecule has 1 aromatic rings. The minimum Gasteiger partial charge on any atom is -0.490 e. The van der Waals surface area contributed by atoms with Crippen LogP contribution in [0.4, 0.5) is 13.2 Å². The number of hydrogen-bond donors (Lipinski definition) is 1. The number of alkyl halides is 3. The highest BCUT2D eigenvalue weighted by atomic mass is 35.5. The first-order valence-electron chi connectivity index (χ1n) is 6.18. The van der Waals surface area contributed by atoms with Crippen LogP contribution in [0.25, 0.3) is 0 Å². The number of pyridine rings is 1. The van der Waals surface area contributed by atoms with Gasteiger partial charge in [-0.15, -0.1) is 12.4 Å². The molecule has 0 saturated carbocycles. The lowest BCUT2D eigenvalue weighted by molar-refractivity contribution is -0.138. The molecule has 2 aliphatic rings. The van der Waals surface area contributed by atoms with Gasteiger partial charge in [-0.25, -0.2) is 0 Å². The highest BCUT2D eigenvalue weighted by Crippen LogP contribution is 2.33. The monoisotopic (exact) mass is 309 g/mol. The first-order valence-corrected chi connectivity index (χ1v) is 6.18. The Morgan fingerprint density at radius 3 is 2.95 bits per heavy atom. The van der Waals surface area contributed by atoms with Crippen molar-refractivity contribution in [2.24, 2.45) is 0 Å². The zero-order valence-corrected chi connectivity index (χ0v) is 11.4. The Kier molecular flexibility index (Phi) is 4.41. The molecule has 0 amide bonds. The second-order valence-electron chi connectivity index (χ2n) is 4.81. The van der Waals surface area contributed by atoms with Gasteiger partial charge in [0.2, 0.25) is 0 Å². The number of nitrogens with zero attached hydrogens (tertiary/aromatic N) is 2. The van der Waals surface area contributed by atoms with E-state index in [2.05, 4.69) is 15.2 Å². The number of fused-ring (bicyclic) bond motifs is 2. The van der Waals surface area contributed by atoms with Gasteiger partial charge < -0.3 is 10.1 Å². The Hall–Kier alpha value is -1.05. The zero-order valence-electron chi connectivity index (χ0n) is 10.6. The van der Waals surface area contributed by atoms with Gasteiger partial charge >= 0.3 is 6.18 Å². The van der Waals surface area contributed by atoms with Crippen molar-refractivity contribution >= 4 is 12.4 Å². The number of piperazine rings is 1. The molecule has 0 spiro atoms. The van der Waals surface area contributed by atoms with Crippen LogP contribution in [0.1, 0.15) is 11.3 Å². The summed E-state index contributed by atoms with van der Waals surface area (Å²) in [6.45, 7) is 3.46. The Balaban J connectivity index is 0.00000147. The highest BCUT2D eigenvalue weighted by molar-refractivity contribution is 5.85. The molecule has 1 fully saturated rings. The lowest BCUT2D eigenvalue weighted by Gasteiger charge is -2.33. The third-order valence-corrected chi connectivity index (χ3v) is 3.51. The van der Waals surface area contributed by atoms with Crippen molar-refractivity contribution in [3.8, 4) is 5.75 Å². The van der Waals surface area contributed by atoms with Gasteiger partial charge in [0.1, 0.15) is 12.4 Å². The van der Waals surface area contributed by atoms with E-state index in [4.69, 9.17) is 4.74 Å². The maximum Gasteiger partial charge on any atom is 0.418 e. The Bertz CT molecular complexity index is 484. The molecule has 2 aliphatic heterocycles. The molecule has 0 unspecified atom stereocenters. The number of aromatic nitrogens is 1. The Labute approximate surface area is 120 Å². The minimum atomic E-state index is -4.38. The van der Waals surface area contributed by atoms with Crippen LogP contribution in [0.2, 0.25) is 0 Å². The summed E-state index contributed by atoms with van der Waals surface area (Å²) in [6, 6.07) is 1.24. The summed E-state index contributed by atoms with van der Waals surface area (Å²) in [5.41, 5.74) is -0.179. The van der Waals surface area contributed by atoms with Crippen molar-refractivity contribution in [1.29, 1.82) is 0 Å². The fourth-order valence-electron chi connectivity index (χ4n) is 2.43. The molecule has 1 aromatic heterocycles. The first kappa shape index (κ1) is 15.3. The van der Waals surface area contributed by atoms with E-state index in [0.29, 0.717) is 18.8 Å². The molecule has 20 heavy (non-hydrogen) atoms. The summed E-state index contributed by atoms with van der Waals surface area (Å²) in [5.74, 6) is 0.254. The zero-order chi connectivity index (χ0) is 13.5. The summed E-state index contributed by atoms with van der Waals surface area (Å²) in [4.78, 5) is 6.13. The summed E-state index contributed by atoms with van der Waals surface area (Å²) in [5, 5.41) is 3.25. The molecule has 4 nitrogen and oxygen atoms in total. The van der Waals surface area contributed by atoms with E-state index in [0.717, 1.165) is 31.9 Å². The van der Waals surface area contributed by atoms with E-state index in [1.807, 2.05) is 0 Å².